The lowest BCUT2D eigenvalue weighted by molar-refractivity contribution is -0.0223. The van der Waals surface area contributed by atoms with E-state index < -0.39 is 11.9 Å². The SMILES string of the molecule is COC(=O)c1cc2ccnn2c(N2CCC(F)(F)CC2)n1. The number of fused-ring (bicyclic) bond motifs is 1. The van der Waals surface area contributed by atoms with E-state index in [1.54, 1.807) is 23.2 Å². The third-order valence-corrected chi connectivity index (χ3v) is 3.54. The second kappa shape index (κ2) is 4.94. The van der Waals surface area contributed by atoms with E-state index in [1.165, 1.54) is 11.6 Å². The Morgan fingerprint density at radius 1 is 1.38 bits per heavy atom. The molecule has 0 atom stereocenters. The Morgan fingerprint density at radius 2 is 2.10 bits per heavy atom. The van der Waals surface area contributed by atoms with E-state index in [2.05, 4.69) is 14.8 Å². The number of ether oxygens (including phenoxy) is 1. The summed E-state index contributed by atoms with van der Waals surface area (Å²) in [4.78, 5) is 17.6. The van der Waals surface area contributed by atoms with Crippen LogP contribution in [-0.4, -0.2) is 46.7 Å². The van der Waals surface area contributed by atoms with Gasteiger partial charge in [0, 0.05) is 25.9 Å². The average molecular weight is 296 g/mol. The molecule has 0 aliphatic carbocycles. The molecular formula is C13H14F2N4O2. The number of aromatic nitrogens is 3. The molecule has 1 fully saturated rings. The minimum absolute atomic E-state index is 0.137. The van der Waals surface area contributed by atoms with E-state index >= 15 is 0 Å². The standard InChI is InChI=1S/C13H14F2N4O2/c1-21-11(20)10-8-9-2-5-16-19(9)12(17-10)18-6-3-13(14,15)4-7-18/h2,5,8H,3-4,6-7H2,1H3. The van der Waals surface area contributed by atoms with Crippen LogP contribution < -0.4 is 4.90 Å². The monoisotopic (exact) mass is 296 g/mol. The molecule has 1 saturated heterocycles. The number of halogens is 2. The van der Waals surface area contributed by atoms with Gasteiger partial charge >= 0.3 is 5.97 Å². The van der Waals surface area contributed by atoms with Gasteiger partial charge in [0.15, 0.2) is 5.69 Å². The molecule has 0 aromatic carbocycles. The fraction of sp³-hybridized carbons (Fsp3) is 0.462. The highest BCUT2D eigenvalue weighted by atomic mass is 19.3. The second-order valence-electron chi connectivity index (χ2n) is 4.94. The Labute approximate surface area is 119 Å². The number of carbonyl (C=O) groups excluding carboxylic acids is 1. The van der Waals surface area contributed by atoms with Crippen molar-refractivity contribution < 1.29 is 18.3 Å². The van der Waals surface area contributed by atoms with Gasteiger partial charge in [-0.2, -0.15) is 5.10 Å². The van der Waals surface area contributed by atoms with Gasteiger partial charge in [-0.1, -0.05) is 0 Å². The Kier molecular flexibility index (Phi) is 3.23. The number of esters is 1. The quantitative estimate of drug-likeness (QED) is 0.790. The van der Waals surface area contributed by atoms with Gasteiger partial charge in [0.25, 0.3) is 5.92 Å². The van der Waals surface area contributed by atoms with Gasteiger partial charge in [-0.25, -0.2) is 23.1 Å². The van der Waals surface area contributed by atoms with E-state index in [0.29, 0.717) is 11.5 Å². The number of rotatable bonds is 2. The average Bonchev–Trinajstić information content (AvgIpc) is 2.94. The number of hydrogen-bond donors (Lipinski definition) is 0. The molecule has 112 valence electrons. The predicted molar refractivity (Wildman–Crippen MR) is 70.7 cm³/mol. The van der Waals surface area contributed by atoms with Gasteiger partial charge in [-0.3, -0.25) is 0 Å². The fourth-order valence-electron chi connectivity index (χ4n) is 2.37. The number of alkyl halides is 2. The van der Waals surface area contributed by atoms with Crippen molar-refractivity contribution in [2.24, 2.45) is 0 Å². The molecule has 2 aromatic heterocycles. The van der Waals surface area contributed by atoms with Crippen molar-refractivity contribution in [1.82, 2.24) is 14.6 Å². The lowest BCUT2D eigenvalue weighted by Gasteiger charge is -2.32. The highest BCUT2D eigenvalue weighted by Crippen LogP contribution is 2.30. The smallest absolute Gasteiger partial charge is 0.356 e. The number of hydrogen-bond acceptors (Lipinski definition) is 5. The first kappa shape index (κ1) is 13.7. The van der Waals surface area contributed by atoms with Gasteiger partial charge in [0.05, 0.1) is 18.8 Å². The molecule has 0 N–H and O–H groups in total. The van der Waals surface area contributed by atoms with Crippen LogP contribution in [0.25, 0.3) is 5.52 Å². The molecule has 2 aromatic rings. The van der Waals surface area contributed by atoms with Crippen molar-refractivity contribution in [2.75, 3.05) is 25.1 Å². The van der Waals surface area contributed by atoms with Crippen LogP contribution in [0.15, 0.2) is 18.3 Å². The summed E-state index contributed by atoms with van der Waals surface area (Å²) in [5.74, 6) is -2.82. The molecule has 6 nitrogen and oxygen atoms in total. The number of piperidine rings is 1. The first-order valence-corrected chi connectivity index (χ1v) is 6.56. The lowest BCUT2D eigenvalue weighted by atomic mass is 10.1. The van der Waals surface area contributed by atoms with Crippen molar-refractivity contribution in [3.63, 3.8) is 0 Å². The maximum absolute atomic E-state index is 13.3. The van der Waals surface area contributed by atoms with Crippen molar-refractivity contribution in [3.8, 4) is 0 Å². The summed E-state index contributed by atoms with van der Waals surface area (Å²) in [7, 11) is 1.27. The first-order chi connectivity index (χ1) is 10.00. The van der Waals surface area contributed by atoms with Gasteiger partial charge in [-0.05, 0) is 12.1 Å². The zero-order valence-electron chi connectivity index (χ0n) is 11.4. The van der Waals surface area contributed by atoms with E-state index in [9.17, 15) is 13.6 Å². The largest absolute Gasteiger partial charge is 0.464 e. The molecular weight excluding hydrogens is 282 g/mol. The van der Waals surface area contributed by atoms with Crippen LogP contribution in [0, 0.1) is 0 Å². The number of nitrogens with zero attached hydrogens (tertiary/aromatic N) is 4. The Hall–Kier alpha value is -2.25. The molecule has 0 spiro atoms. The van der Waals surface area contributed by atoms with Crippen molar-refractivity contribution in [3.05, 3.63) is 24.0 Å². The van der Waals surface area contributed by atoms with Crippen LogP contribution in [0.2, 0.25) is 0 Å². The predicted octanol–water partition coefficient (Wildman–Crippen LogP) is 1.75. The van der Waals surface area contributed by atoms with Crippen LogP contribution in [0.1, 0.15) is 23.3 Å². The molecule has 3 heterocycles. The maximum atomic E-state index is 13.3. The summed E-state index contributed by atoms with van der Waals surface area (Å²) in [6, 6.07) is 3.27. The molecule has 0 radical (unpaired) electrons. The molecule has 0 amide bonds. The zero-order valence-corrected chi connectivity index (χ0v) is 11.4. The van der Waals surface area contributed by atoms with Crippen molar-refractivity contribution in [1.29, 1.82) is 0 Å². The van der Waals surface area contributed by atoms with E-state index in [-0.39, 0.29) is 31.6 Å². The van der Waals surface area contributed by atoms with Crippen molar-refractivity contribution in [2.45, 2.75) is 18.8 Å². The summed E-state index contributed by atoms with van der Waals surface area (Å²) in [6.07, 6.45) is 1.10. The summed E-state index contributed by atoms with van der Waals surface area (Å²) >= 11 is 0. The van der Waals surface area contributed by atoms with Crippen LogP contribution >= 0.6 is 0 Å². The van der Waals surface area contributed by atoms with E-state index in [0.717, 1.165) is 0 Å². The van der Waals surface area contributed by atoms with Crippen LogP contribution in [-0.2, 0) is 4.74 Å². The second-order valence-corrected chi connectivity index (χ2v) is 4.94. The normalized spacial score (nSPS) is 18.0. The minimum atomic E-state index is -2.64. The topological polar surface area (TPSA) is 59.7 Å². The Balaban J connectivity index is 2.00. The molecule has 0 saturated carbocycles. The van der Waals surface area contributed by atoms with Gasteiger partial charge in [0.1, 0.15) is 0 Å². The highest BCUT2D eigenvalue weighted by molar-refractivity contribution is 5.89. The number of anilines is 1. The summed E-state index contributed by atoms with van der Waals surface area (Å²) in [6.45, 7) is 0.333. The number of methoxy groups -OCH3 is 1. The van der Waals surface area contributed by atoms with E-state index in [1.807, 2.05) is 0 Å². The zero-order chi connectivity index (χ0) is 15.0. The minimum Gasteiger partial charge on any atom is -0.464 e. The van der Waals surface area contributed by atoms with Crippen LogP contribution in [0.3, 0.4) is 0 Å². The van der Waals surface area contributed by atoms with Gasteiger partial charge in [-0.15, -0.1) is 0 Å². The maximum Gasteiger partial charge on any atom is 0.356 e. The highest BCUT2D eigenvalue weighted by Gasteiger charge is 2.35. The third-order valence-electron chi connectivity index (χ3n) is 3.54. The fourth-order valence-corrected chi connectivity index (χ4v) is 2.37. The molecule has 21 heavy (non-hydrogen) atoms. The molecule has 0 unspecified atom stereocenters. The summed E-state index contributed by atoms with van der Waals surface area (Å²) in [5, 5.41) is 4.13. The van der Waals surface area contributed by atoms with Gasteiger partial charge in [0.2, 0.25) is 5.95 Å². The lowest BCUT2D eigenvalue weighted by Crippen LogP contribution is -2.40. The molecule has 1 aliphatic heterocycles. The van der Waals surface area contributed by atoms with Gasteiger partial charge < -0.3 is 9.64 Å². The summed E-state index contributed by atoms with van der Waals surface area (Å²) < 4.78 is 32.7. The first-order valence-electron chi connectivity index (χ1n) is 6.56. The third kappa shape index (κ3) is 2.53. The molecule has 3 rings (SSSR count). The summed E-state index contributed by atoms with van der Waals surface area (Å²) in [5.41, 5.74) is 0.801. The molecule has 0 bridgehead atoms. The number of carbonyl (C=O) groups is 1. The van der Waals surface area contributed by atoms with Crippen LogP contribution in [0.5, 0.6) is 0 Å². The van der Waals surface area contributed by atoms with E-state index in [4.69, 9.17) is 0 Å². The van der Waals surface area contributed by atoms with Crippen molar-refractivity contribution >= 4 is 17.4 Å². The molecule has 8 heteroatoms. The Morgan fingerprint density at radius 3 is 2.76 bits per heavy atom. The van der Waals surface area contributed by atoms with Crippen LogP contribution in [0.4, 0.5) is 14.7 Å². The Bertz CT molecular complexity index is 676. The molecule has 1 aliphatic rings.